The van der Waals surface area contributed by atoms with E-state index >= 15 is 4.79 Å². The van der Waals surface area contributed by atoms with Crippen molar-refractivity contribution in [3.63, 3.8) is 0 Å². The molecule has 2 saturated carbocycles. The number of H-pyrrole nitrogens is 1. The van der Waals surface area contributed by atoms with Crippen LogP contribution in [0.2, 0.25) is 0 Å². The van der Waals surface area contributed by atoms with E-state index in [1.54, 1.807) is 6.07 Å². The number of unbranched alkanes of at least 4 members (excludes halogenated alkanes) is 2. The van der Waals surface area contributed by atoms with Gasteiger partial charge in [0.25, 0.3) is 0 Å². The number of carbonyl (C=O) groups is 2. The number of allylic oxidation sites excluding steroid dienone is 2. The summed E-state index contributed by atoms with van der Waals surface area (Å²) in [5.74, 6) is 8.12. The van der Waals surface area contributed by atoms with Crippen LogP contribution in [0.5, 0.6) is 11.5 Å². The van der Waals surface area contributed by atoms with Gasteiger partial charge in [0.2, 0.25) is 0 Å². The molecule has 10 rings (SSSR count). The number of aromatic hydroxyl groups is 1. The third-order valence-corrected chi connectivity index (χ3v) is 19.1. The Labute approximate surface area is 476 Å². The van der Waals surface area contributed by atoms with Crippen molar-refractivity contribution < 1.29 is 29.6 Å². The number of aliphatic hydroxyl groups excluding tert-OH is 2. The summed E-state index contributed by atoms with van der Waals surface area (Å²) >= 11 is 0. The van der Waals surface area contributed by atoms with E-state index in [0.29, 0.717) is 57.0 Å². The van der Waals surface area contributed by atoms with Crippen molar-refractivity contribution in [1.29, 1.82) is 0 Å². The number of phenols is 1. The van der Waals surface area contributed by atoms with Crippen LogP contribution in [0.3, 0.4) is 0 Å². The molecule has 1 aromatic heterocycles. The van der Waals surface area contributed by atoms with E-state index < -0.39 is 29.5 Å². The lowest BCUT2D eigenvalue weighted by atomic mass is 9.58. The molecule has 0 radical (unpaired) electrons. The number of aromatic amines is 1. The van der Waals surface area contributed by atoms with Gasteiger partial charge >= 0.3 is 0 Å². The molecule has 10 heteroatoms. The van der Waals surface area contributed by atoms with E-state index in [4.69, 9.17) is 4.74 Å². The molecule has 1 spiro atoms. The van der Waals surface area contributed by atoms with Crippen LogP contribution >= 0.6 is 0 Å². The molecule has 10 nitrogen and oxygen atoms in total. The first-order chi connectivity index (χ1) is 38.9. The number of nitrogens with one attached hydrogen (secondary N) is 4. The number of phenolic OH excluding ortho intramolecular Hbond substituents is 1. The molecule has 9 bridgehead atoms. The lowest BCUT2D eigenvalue weighted by molar-refractivity contribution is -0.130. The number of fused-ring (bicyclic) bond motifs is 10. The van der Waals surface area contributed by atoms with Crippen molar-refractivity contribution >= 4 is 28.0 Å². The van der Waals surface area contributed by atoms with Gasteiger partial charge in [-0.2, -0.15) is 0 Å². The highest BCUT2D eigenvalue weighted by Crippen LogP contribution is 2.52. The van der Waals surface area contributed by atoms with Gasteiger partial charge in [-0.15, -0.1) is 0 Å². The molecule has 3 heterocycles. The number of aryl methyl sites for hydroxylation is 1. The Balaban J connectivity index is 1.10. The molecule has 4 aromatic carbocycles. The maximum Gasteiger partial charge on any atom is 0.160 e. The van der Waals surface area contributed by atoms with Crippen LogP contribution < -0.4 is 20.7 Å². The molecule has 11 atom stereocenters. The van der Waals surface area contributed by atoms with Crippen LogP contribution in [-0.2, 0) is 27.8 Å². The molecule has 3 aliphatic carbocycles. The standard InChI is InChI=1S/C70H88N4O6/c1-5-7-9-14-46-15-12-27-70(41-46)67-38-56(43-73-67)45(3)42-71-44-59(76)33-47-18-19-50-20-23-57(35-54(50)30-47)74-68-34-48(26-28-72-68)29-49-31-52-22-25-60(51-16-10-8-11-17-51)62-40-65(78)66(80-4)37-53(62)21-24-58(75)39-64(77)63(52)36-55(32-49)61(13-6-2)69(70)79/h8,10-11,16-20,23,26,30,34-35,37-38,40,43,45-46,49,52,55,59-61,63,69,71-74,76,78-79H,5-7,9,12-15,21,24,27-29,31-33,36,39,41-42,44H2,1-4H3. The zero-order chi connectivity index (χ0) is 55.8. The smallest absolute Gasteiger partial charge is 0.160 e. The van der Waals surface area contributed by atoms with E-state index in [9.17, 15) is 20.1 Å². The van der Waals surface area contributed by atoms with Gasteiger partial charge in [-0.25, -0.2) is 0 Å². The number of aromatic nitrogens is 1. The molecule has 5 aromatic rings. The molecule has 11 unspecified atom stereocenters. The Morgan fingerprint density at radius 1 is 0.838 bits per heavy atom. The highest BCUT2D eigenvalue weighted by atomic mass is 16.5. The minimum atomic E-state index is -0.676. The molecule has 424 valence electrons. The van der Waals surface area contributed by atoms with Crippen molar-refractivity contribution in [3.05, 3.63) is 148 Å². The van der Waals surface area contributed by atoms with E-state index in [0.717, 1.165) is 108 Å². The zero-order valence-electron chi connectivity index (χ0n) is 48.0. The number of aliphatic hydroxyl groups is 2. The Hall–Kier alpha value is -6.12. The number of β-amino-alcohol motifs (C(OH)–C–C–N with tert-alkyl or cyclic N) is 1. The minimum Gasteiger partial charge on any atom is -0.504 e. The Morgan fingerprint density at radius 2 is 1.69 bits per heavy atom. The molecule has 5 aliphatic rings. The molecule has 2 aliphatic heterocycles. The number of benzene rings is 4. The van der Waals surface area contributed by atoms with E-state index in [1.165, 1.54) is 37.5 Å². The number of anilines is 1. The first kappa shape index (κ1) is 57.1. The SMILES string of the molecule is CCCCCC1CCCC2(C1)c1cc(c[nH]1)C(C)CNCC(O)Cc1ccc3ccc(cc3c1)NC1=CC(=CCN1)CC1CC3C#CC(c4ccccc4)c4cc(O)c(OC)cc4CCC(=O)CC(=O)C3CC(C1)C(CCC)C2O. The number of methoxy groups -OCH3 is 1. The minimum absolute atomic E-state index is 0.0176. The summed E-state index contributed by atoms with van der Waals surface area (Å²) in [6.45, 7) is 8.60. The largest absolute Gasteiger partial charge is 0.504 e. The molecule has 0 saturated heterocycles. The van der Waals surface area contributed by atoms with Crippen molar-refractivity contribution in [2.24, 2.45) is 35.5 Å². The van der Waals surface area contributed by atoms with Crippen LogP contribution in [0.1, 0.15) is 169 Å². The summed E-state index contributed by atoms with van der Waals surface area (Å²) in [5, 5.41) is 49.7. The maximum atomic E-state index is 15.3. The number of ether oxygens (including phenoxy) is 1. The van der Waals surface area contributed by atoms with Crippen molar-refractivity contribution in [2.75, 3.05) is 32.1 Å². The van der Waals surface area contributed by atoms with E-state index in [2.05, 4.69) is 126 Å². The monoisotopic (exact) mass is 1080 g/mol. The summed E-state index contributed by atoms with van der Waals surface area (Å²) in [5.41, 5.74) is 7.78. The van der Waals surface area contributed by atoms with Crippen LogP contribution in [0, 0.1) is 47.3 Å². The zero-order valence-corrected chi connectivity index (χ0v) is 48.0. The van der Waals surface area contributed by atoms with Gasteiger partial charge in [-0.3, -0.25) is 9.59 Å². The van der Waals surface area contributed by atoms with Crippen LogP contribution in [0.15, 0.2) is 115 Å². The lowest BCUT2D eigenvalue weighted by Gasteiger charge is -2.48. The average molecular weight is 1080 g/mol. The molecule has 80 heavy (non-hydrogen) atoms. The molecule has 7 N–H and O–H groups in total. The second-order valence-corrected chi connectivity index (χ2v) is 24.8. The van der Waals surface area contributed by atoms with Gasteiger partial charge < -0.3 is 41.0 Å². The Kier molecular flexibility index (Phi) is 18.7. The number of Topliss-reactive ketones (excluding diaryl/α,β-unsaturated/α-hetero) is 2. The van der Waals surface area contributed by atoms with Gasteiger partial charge in [0.1, 0.15) is 17.4 Å². The second-order valence-electron chi connectivity index (χ2n) is 24.8. The summed E-state index contributed by atoms with van der Waals surface area (Å²) in [7, 11) is 1.54. The number of ketones is 2. The van der Waals surface area contributed by atoms with Crippen LogP contribution in [-0.4, -0.2) is 70.8 Å². The summed E-state index contributed by atoms with van der Waals surface area (Å²) in [6, 6.07) is 29.0. The second kappa shape index (κ2) is 26.2. The predicted octanol–water partition coefficient (Wildman–Crippen LogP) is 13.1. The van der Waals surface area contributed by atoms with Gasteiger partial charge in [0.15, 0.2) is 11.5 Å². The quantitative estimate of drug-likeness (QED) is 0.0457. The van der Waals surface area contributed by atoms with Gasteiger partial charge in [0.05, 0.1) is 31.7 Å². The van der Waals surface area contributed by atoms with Crippen LogP contribution in [0.25, 0.3) is 10.8 Å². The van der Waals surface area contributed by atoms with Crippen LogP contribution in [0.4, 0.5) is 5.69 Å². The number of hydrogen-bond acceptors (Lipinski definition) is 9. The first-order valence-electron chi connectivity index (χ1n) is 30.6. The van der Waals surface area contributed by atoms with E-state index in [1.807, 2.05) is 24.3 Å². The summed E-state index contributed by atoms with van der Waals surface area (Å²) < 4.78 is 5.60. The van der Waals surface area contributed by atoms with Gasteiger partial charge in [-0.05, 0) is 168 Å². The summed E-state index contributed by atoms with van der Waals surface area (Å²) in [6.07, 6.45) is 19.7. The highest BCUT2D eigenvalue weighted by Gasteiger charge is 2.50. The normalized spacial score (nSPS) is 28.9. The third kappa shape index (κ3) is 13.3. The average Bonchev–Trinajstić information content (AvgIpc) is 4.00. The van der Waals surface area contributed by atoms with Crippen molar-refractivity contribution in [2.45, 2.75) is 166 Å². The predicted molar refractivity (Wildman–Crippen MR) is 322 cm³/mol. The Morgan fingerprint density at radius 3 is 2.51 bits per heavy atom. The van der Waals surface area contributed by atoms with Crippen molar-refractivity contribution in [3.8, 4) is 23.3 Å². The molecular formula is C70H88N4O6. The number of hydrogen-bond donors (Lipinski definition) is 7. The fourth-order valence-corrected chi connectivity index (χ4v) is 14.9. The van der Waals surface area contributed by atoms with E-state index in [-0.39, 0.29) is 59.7 Å². The van der Waals surface area contributed by atoms with Gasteiger partial charge in [-0.1, -0.05) is 138 Å². The van der Waals surface area contributed by atoms with Gasteiger partial charge in [0, 0.05) is 60.9 Å². The molecule has 0 amide bonds. The number of dihydropyridines is 1. The number of carbonyl (C=O) groups excluding carboxylic acids is 2. The molecular weight excluding hydrogens is 993 g/mol. The maximum absolute atomic E-state index is 15.3. The Bertz CT molecular complexity index is 3080. The number of rotatable bonds is 8. The highest BCUT2D eigenvalue weighted by molar-refractivity contribution is 6.00. The lowest BCUT2D eigenvalue weighted by Crippen LogP contribution is -2.50. The topological polar surface area (TPSA) is 156 Å². The first-order valence-corrected chi connectivity index (χ1v) is 30.6. The van der Waals surface area contributed by atoms with Crippen molar-refractivity contribution in [1.82, 2.24) is 15.6 Å². The third-order valence-electron chi connectivity index (χ3n) is 19.1. The fourth-order valence-electron chi connectivity index (χ4n) is 14.9. The fraction of sp³-hybridized carbons (Fsp3) is 0.514. The molecule has 2 fully saturated rings. The summed E-state index contributed by atoms with van der Waals surface area (Å²) in [4.78, 5) is 33.4.